The fourth-order valence-electron chi connectivity index (χ4n) is 1.89. The van der Waals surface area contributed by atoms with E-state index in [4.69, 9.17) is 0 Å². The molecule has 6 heteroatoms. The van der Waals surface area contributed by atoms with E-state index < -0.39 is 4.92 Å². The summed E-state index contributed by atoms with van der Waals surface area (Å²) in [5.74, 6) is -0.595. The lowest BCUT2D eigenvalue weighted by molar-refractivity contribution is -0.384. The monoisotopic (exact) mass is 288 g/mol. The summed E-state index contributed by atoms with van der Waals surface area (Å²) < 4.78 is 12.8. The first-order chi connectivity index (χ1) is 9.97. The zero-order valence-electron chi connectivity index (χ0n) is 11.3. The molecule has 0 spiro atoms. The number of benzene rings is 2. The summed E-state index contributed by atoms with van der Waals surface area (Å²) in [5.41, 5.74) is 0.846. The molecule has 5 nitrogen and oxygen atoms in total. The van der Waals surface area contributed by atoms with Gasteiger partial charge in [-0.2, -0.15) is 0 Å². The third kappa shape index (κ3) is 3.62. The zero-order chi connectivity index (χ0) is 15.4. The van der Waals surface area contributed by atoms with Crippen LogP contribution in [0.5, 0.6) is 0 Å². The first kappa shape index (κ1) is 14.6. The normalized spacial score (nSPS) is 10.2. The van der Waals surface area contributed by atoms with Gasteiger partial charge in [0.1, 0.15) is 5.82 Å². The average molecular weight is 288 g/mol. The molecule has 0 aliphatic rings. The highest BCUT2D eigenvalue weighted by atomic mass is 19.1. The predicted molar refractivity (Wildman–Crippen MR) is 77.1 cm³/mol. The maximum absolute atomic E-state index is 12.8. The molecule has 0 bridgehead atoms. The Morgan fingerprint density at radius 2 is 1.90 bits per heavy atom. The summed E-state index contributed by atoms with van der Waals surface area (Å²) in [7, 11) is 1.70. The third-order valence-electron chi connectivity index (χ3n) is 3.03. The molecular formula is C15H13FN2O3. The number of hydrogen-bond acceptors (Lipinski definition) is 4. The van der Waals surface area contributed by atoms with Crippen molar-refractivity contribution >= 4 is 17.2 Å². The van der Waals surface area contributed by atoms with Gasteiger partial charge in [0.05, 0.1) is 11.5 Å². The van der Waals surface area contributed by atoms with Gasteiger partial charge in [0.15, 0.2) is 5.78 Å². The number of rotatable bonds is 5. The number of Topliss-reactive ketones (excluding diaryl/α,β-unsaturated/α-hetero) is 1. The first-order valence-electron chi connectivity index (χ1n) is 6.22. The smallest absolute Gasteiger partial charge is 0.270 e. The quantitative estimate of drug-likeness (QED) is 0.482. The van der Waals surface area contributed by atoms with Gasteiger partial charge in [-0.15, -0.1) is 0 Å². The van der Waals surface area contributed by atoms with E-state index in [9.17, 15) is 19.3 Å². The van der Waals surface area contributed by atoms with E-state index >= 15 is 0 Å². The summed E-state index contributed by atoms with van der Waals surface area (Å²) in [6.45, 7) is 0.0484. The molecule has 0 amide bonds. The fraction of sp³-hybridized carbons (Fsp3) is 0.133. The lowest BCUT2D eigenvalue weighted by Crippen LogP contribution is -2.25. The van der Waals surface area contributed by atoms with Crippen molar-refractivity contribution in [2.24, 2.45) is 0 Å². The van der Waals surface area contributed by atoms with Crippen LogP contribution in [0.25, 0.3) is 0 Å². The topological polar surface area (TPSA) is 63.5 Å². The Morgan fingerprint density at radius 3 is 2.52 bits per heavy atom. The number of nitrogens with zero attached hydrogens (tertiary/aromatic N) is 2. The van der Waals surface area contributed by atoms with Crippen LogP contribution in [0.3, 0.4) is 0 Å². The molecular weight excluding hydrogens is 275 g/mol. The second kappa shape index (κ2) is 6.13. The van der Waals surface area contributed by atoms with Gasteiger partial charge in [-0.1, -0.05) is 12.1 Å². The number of nitro benzene ring substituents is 1. The highest BCUT2D eigenvalue weighted by Gasteiger charge is 2.13. The lowest BCUT2D eigenvalue weighted by Gasteiger charge is -2.18. The molecule has 2 aromatic carbocycles. The van der Waals surface area contributed by atoms with Crippen LogP contribution >= 0.6 is 0 Å². The van der Waals surface area contributed by atoms with Gasteiger partial charge in [-0.05, 0) is 24.3 Å². The van der Waals surface area contributed by atoms with Crippen LogP contribution in [-0.4, -0.2) is 24.3 Å². The Kier molecular flexibility index (Phi) is 4.27. The first-order valence-corrected chi connectivity index (χ1v) is 6.22. The van der Waals surface area contributed by atoms with Gasteiger partial charge < -0.3 is 4.90 Å². The number of ketones is 1. The van der Waals surface area contributed by atoms with Gasteiger partial charge in [0.2, 0.25) is 0 Å². The van der Waals surface area contributed by atoms with Crippen molar-refractivity contribution in [3.8, 4) is 0 Å². The molecule has 0 unspecified atom stereocenters. The summed E-state index contributed by atoms with van der Waals surface area (Å²) in [5, 5.41) is 10.7. The van der Waals surface area contributed by atoms with Crippen LogP contribution in [0.1, 0.15) is 10.4 Å². The second-order valence-corrected chi connectivity index (χ2v) is 4.56. The fourth-order valence-corrected chi connectivity index (χ4v) is 1.89. The number of non-ortho nitro benzene ring substituents is 1. The summed E-state index contributed by atoms with van der Waals surface area (Å²) in [6, 6.07) is 11.3. The van der Waals surface area contributed by atoms with Crippen molar-refractivity contribution in [2.75, 3.05) is 18.5 Å². The minimum Gasteiger partial charge on any atom is -0.367 e. The number of anilines is 1. The average Bonchev–Trinajstić information content (AvgIpc) is 2.48. The molecule has 108 valence electrons. The van der Waals surface area contributed by atoms with E-state index in [1.165, 1.54) is 36.4 Å². The number of carbonyl (C=O) groups is 1. The Labute approximate surface area is 120 Å². The molecule has 0 aliphatic heterocycles. The molecule has 2 rings (SSSR count). The van der Waals surface area contributed by atoms with E-state index in [2.05, 4.69) is 0 Å². The van der Waals surface area contributed by atoms with E-state index in [0.717, 1.165) is 0 Å². The molecule has 0 fully saturated rings. The van der Waals surface area contributed by atoms with E-state index in [0.29, 0.717) is 5.69 Å². The Bertz CT molecular complexity index is 671. The highest BCUT2D eigenvalue weighted by Crippen LogP contribution is 2.16. The van der Waals surface area contributed by atoms with Crippen molar-refractivity contribution in [3.05, 3.63) is 70.0 Å². The Hall–Kier alpha value is -2.76. The molecule has 0 N–H and O–H groups in total. The highest BCUT2D eigenvalue weighted by molar-refractivity contribution is 5.99. The molecule has 2 aromatic rings. The van der Waals surface area contributed by atoms with Crippen LogP contribution in [-0.2, 0) is 0 Å². The third-order valence-corrected chi connectivity index (χ3v) is 3.03. The Balaban J connectivity index is 2.12. The van der Waals surface area contributed by atoms with Gasteiger partial charge in [0.25, 0.3) is 5.69 Å². The van der Waals surface area contributed by atoms with Crippen molar-refractivity contribution in [1.82, 2.24) is 0 Å². The largest absolute Gasteiger partial charge is 0.367 e. The molecule has 0 saturated carbocycles. The van der Waals surface area contributed by atoms with Crippen molar-refractivity contribution in [1.29, 1.82) is 0 Å². The number of nitro groups is 1. The SMILES string of the molecule is CN(CC(=O)c1cccc([N+](=O)[O-])c1)c1ccc(F)cc1. The molecule has 0 saturated heterocycles. The maximum Gasteiger partial charge on any atom is 0.270 e. The minimum atomic E-state index is -0.541. The van der Waals surface area contributed by atoms with E-state index in [-0.39, 0.29) is 29.4 Å². The maximum atomic E-state index is 12.8. The summed E-state index contributed by atoms with van der Waals surface area (Å²) >= 11 is 0. The van der Waals surface area contributed by atoms with Crippen LogP contribution < -0.4 is 4.90 Å². The molecule has 0 radical (unpaired) electrons. The van der Waals surface area contributed by atoms with Gasteiger partial charge in [-0.25, -0.2) is 4.39 Å². The van der Waals surface area contributed by atoms with E-state index in [1.807, 2.05) is 0 Å². The Morgan fingerprint density at radius 1 is 1.24 bits per heavy atom. The van der Waals surface area contributed by atoms with Crippen LogP contribution in [0.4, 0.5) is 15.8 Å². The van der Waals surface area contributed by atoms with Crippen molar-refractivity contribution < 1.29 is 14.1 Å². The molecule has 0 aromatic heterocycles. The molecule has 0 heterocycles. The number of halogens is 1. The van der Waals surface area contributed by atoms with Crippen molar-refractivity contribution in [3.63, 3.8) is 0 Å². The van der Waals surface area contributed by atoms with Gasteiger partial charge in [-0.3, -0.25) is 14.9 Å². The standard InChI is InChI=1S/C15H13FN2O3/c1-17(13-7-5-12(16)6-8-13)10-15(19)11-3-2-4-14(9-11)18(20)21/h2-9H,10H2,1H3. The number of likely N-dealkylation sites (N-methyl/N-ethyl adjacent to an activating group) is 1. The van der Waals surface area contributed by atoms with Gasteiger partial charge >= 0.3 is 0 Å². The second-order valence-electron chi connectivity index (χ2n) is 4.56. The van der Waals surface area contributed by atoms with Crippen molar-refractivity contribution in [2.45, 2.75) is 0 Å². The number of hydrogen-bond donors (Lipinski definition) is 0. The molecule has 21 heavy (non-hydrogen) atoms. The minimum absolute atomic E-state index is 0.0484. The van der Waals surface area contributed by atoms with E-state index in [1.54, 1.807) is 24.1 Å². The van der Waals surface area contributed by atoms with Gasteiger partial charge in [0, 0.05) is 30.4 Å². The lowest BCUT2D eigenvalue weighted by atomic mass is 10.1. The van der Waals surface area contributed by atoms with Crippen LogP contribution in [0.15, 0.2) is 48.5 Å². The molecule has 0 atom stereocenters. The summed E-state index contributed by atoms with van der Waals surface area (Å²) in [4.78, 5) is 23.9. The predicted octanol–water partition coefficient (Wildman–Crippen LogP) is 3.05. The van der Waals surface area contributed by atoms with Crippen LogP contribution in [0, 0.1) is 15.9 Å². The van der Waals surface area contributed by atoms with Crippen LogP contribution in [0.2, 0.25) is 0 Å². The summed E-state index contributed by atoms with van der Waals surface area (Å²) in [6.07, 6.45) is 0. The number of carbonyl (C=O) groups excluding carboxylic acids is 1. The molecule has 0 aliphatic carbocycles. The zero-order valence-corrected chi connectivity index (χ0v) is 11.3.